The molecule has 0 saturated carbocycles. The van der Waals surface area contributed by atoms with Crippen molar-refractivity contribution in [2.75, 3.05) is 5.73 Å². The van der Waals surface area contributed by atoms with Crippen LogP contribution >= 0.6 is 0 Å². The first kappa shape index (κ1) is 24.1. The van der Waals surface area contributed by atoms with Gasteiger partial charge in [0.1, 0.15) is 0 Å². The van der Waals surface area contributed by atoms with Crippen molar-refractivity contribution in [3.8, 4) is 0 Å². The summed E-state index contributed by atoms with van der Waals surface area (Å²) in [5.74, 6) is 0.497. The molecule has 0 unspecified atom stereocenters. The molecular weight excluding hydrogens is 386 g/mol. The van der Waals surface area contributed by atoms with Gasteiger partial charge in [-0.05, 0) is 51.1 Å². The van der Waals surface area contributed by atoms with E-state index in [0.717, 1.165) is 5.69 Å². The third-order valence-corrected chi connectivity index (χ3v) is 6.87. The molecule has 0 fully saturated rings. The highest BCUT2D eigenvalue weighted by atomic mass is 14.6. The van der Waals surface area contributed by atoms with Gasteiger partial charge in [0.15, 0.2) is 0 Å². The molecule has 2 atom stereocenters. The highest BCUT2D eigenvalue weighted by Gasteiger charge is 2.21. The Bertz CT molecular complexity index is 973. The van der Waals surface area contributed by atoms with E-state index in [9.17, 15) is 0 Å². The average Bonchev–Trinajstić information content (AvgIpc) is 2.73. The molecule has 0 aromatic heterocycles. The van der Waals surface area contributed by atoms with Gasteiger partial charge in [-0.2, -0.15) is 0 Å². The van der Waals surface area contributed by atoms with Crippen molar-refractivity contribution in [1.82, 2.24) is 0 Å². The van der Waals surface area contributed by atoms with Crippen molar-refractivity contribution in [3.05, 3.63) is 99.6 Å². The molecule has 1 nitrogen and oxygen atoms in total. The second kappa shape index (κ2) is 8.77. The van der Waals surface area contributed by atoms with Gasteiger partial charge in [0, 0.05) is 17.5 Å². The Labute approximate surface area is 196 Å². The number of rotatable bonds is 4. The zero-order valence-electron chi connectivity index (χ0n) is 21.5. The summed E-state index contributed by atoms with van der Waals surface area (Å²) < 4.78 is 0. The lowest BCUT2D eigenvalue weighted by Crippen LogP contribution is -2.12. The number of hydrogen-bond acceptors (Lipinski definition) is 1. The van der Waals surface area contributed by atoms with Crippen LogP contribution in [0.1, 0.15) is 106 Å². The SMILES string of the molecule is Cc1cc([C@H](C)c2ccc(C(C)(C)C)cc2)c(N)c([C@@H](C)c2ccc(C(C)(C)C)cc2)c1. The molecule has 3 aromatic carbocycles. The van der Waals surface area contributed by atoms with Crippen LogP contribution in [0.4, 0.5) is 5.69 Å². The molecule has 0 aliphatic rings. The minimum Gasteiger partial charge on any atom is -0.398 e. The van der Waals surface area contributed by atoms with E-state index in [-0.39, 0.29) is 22.7 Å². The normalized spacial score (nSPS) is 14.3. The molecule has 0 aliphatic carbocycles. The van der Waals surface area contributed by atoms with E-state index in [1.54, 1.807) is 0 Å². The molecule has 0 saturated heterocycles. The second-order valence-corrected chi connectivity index (χ2v) is 11.5. The van der Waals surface area contributed by atoms with Gasteiger partial charge in [-0.25, -0.2) is 0 Å². The summed E-state index contributed by atoms with van der Waals surface area (Å²) in [6.07, 6.45) is 0. The zero-order valence-corrected chi connectivity index (χ0v) is 21.5. The third-order valence-electron chi connectivity index (χ3n) is 6.87. The van der Waals surface area contributed by atoms with E-state index in [1.165, 1.54) is 38.9 Å². The molecule has 0 bridgehead atoms. The van der Waals surface area contributed by atoms with Crippen LogP contribution in [0.5, 0.6) is 0 Å². The Balaban J connectivity index is 1.96. The number of anilines is 1. The maximum Gasteiger partial charge on any atom is 0.0391 e. The summed E-state index contributed by atoms with van der Waals surface area (Å²) >= 11 is 0. The minimum absolute atomic E-state index is 0.162. The highest BCUT2D eigenvalue weighted by molar-refractivity contribution is 5.61. The van der Waals surface area contributed by atoms with Gasteiger partial charge in [-0.15, -0.1) is 0 Å². The van der Waals surface area contributed by atoms with Crippen molar-refractivity contribution < 1.29 is 0 Å². The fraction of sp³-hybridized carbons (Fsp3) is 0.419. The number of aryl methyl sites for hydroxylation is 1. The van der Waals surface area contributed by atoms with Crippen LogP contribution in [0.25, 0.3) is 0 Å². The smallest absolute Gasteiger partial charge is 0.0391 e. The van der Waals surface area contributed by atoms with Gasteiger partial charge in [0.2, 0.25) is 0 Å². The van der Waals surface area contributed by atoms with Gasteiger partial charge in [0.25, 0.3) is 0 Å². The van der Waals surface area contributed by atoms with E-state index in [4.69, 9.17) is 5.73 Å². The van der Waals surface area contributed by atoms with E-state index in [0.29, 0.717) is 0 Å². The minimum atomic E-state index is 0.162. The Hall–Kier alpha value is -2.54. The van der Waals surface area contributed by atoms with Gasteiger partial charge < -0.3 is 5.73 Å². The Kier molecular flexibility index (Phi) is 6.61. The maximum atomic E-state index is 6.83. The first-order valence-electron chi connectivity index (χ1n) is 11.9. The lowest BCUT2D eigenvalue weighted by molar-refractivity contribution is 0.589. The van der Waals surface area contributed by atoms with Gasteiger partial charge in [0.05, 0.1) is 0 Å². The fourth-order valence-electron chi connectivity index (χ4n) is 4.47. The lowest BCUT2D eigenvalue weighted by Gasteiger charge is -2.24. The molecule has 3 rings (SSSR count). The van der Waals surface area contributed by atoms with Crippen LogP contribution in [0.3, 0.4) is 0 Å². The number of benzene rings is 3. The predicted octanol–water partition coefficient (Wildman–Crippen LogP) is 8.48. The van der Waals surface area contributed by atoms with Crippen molar-refractivity contribution in [3.63, 3.8) is 0 Å². The van der Waals surface area contributed by atoms with Crippen LogP contribution in [-0.2, 0) is 10.8 Å². The van der Waals surface area contributed by atoms with E-state index in [1.807, 2.05) is 0 Å². The summed E-state index contributed by atoms with van der Waals surface area (Å²) in [4.78, 5) is 0. The Morgan fingerprint density at radius 2 is 0.906 bits per heavy atom. The van der Waals surface area contributed by atoms with Gasteiger partial charge in [-0.3, -0.25) is 0 Å². The molecule has 0 heterocycles. The van der Waals surface area contributed by atoms with Crippen LogP contribution < -0.4 is 5.73 Å². The largest absolute Gasteiger partial charge is 0.398 e. The monoisotopic (exact) mass is 427 g/mol. The van der Waals surface area contributed by atoms with Crippen molar-refractivity contribution >= 4 is 5.69 Å². The van der Waals surface area contributed by atoms with Crippen LogP contribution in [0.15, 0.2) is 60.7 Å². The molecular formula is C31H41N. The molecule has 1 heteroatoms. The highest BCUT2D eigenvalue weighted by Crippen LogP contribution is 2.38. The molecule has 0 amide bonds. The summed E-state index contributed by atoms with van der Waals surface area (Å²) in [6.45, 7) is 20.2. The van der Waals surface area contributed by atoms with Crippen molar-refractivity contribution in [2.45, 2.75) is 85.0 Å². The Morgan fingerprint density at radius 3 is 1.19 bits per heavy atom. The molecule has 32 heavy (non-hydrogen) atoms. The van der Waals surface area contributed by atoms with E-state index < -0.39 is 0 Å². The number of nitrogens with two attached hydrogens (primary N) is 1. The fourth-order valence-corrected chi connectivity index (χ4v) is 4.47. The maximum absolute atomic E-state index is 6.83. The molecule has 170 valence electrons. The summed E-state index contributed by atoms with van der Waals surface area (Å²) in [6, 6.07) is 22.6. The summed E-state index contributed by atoms with van der Waals surface area (Å²) in [7, 11) is 0. The molecule has 0 aliphatic heterocycles. The topological polar surface area (TPSA) is 26.0 Å². The van der Waals surface area contributed by atoms with Gasteiger partial charge >= 0.3 is 0 Å². The first-order valence-corrected chi connectivity index (χ1v) is 11.9. The molecule has 0 spiro atoms. The van der Waals surface area contributed by atoms with Crippen LogP contribution in [0.2, 0.25) is 0 Å². The quantitative estimate of drug-likeness (QED) is 0.415. The second-order valence-electron chi connectivity index (χ2n) is 11.5. The summed E-state index contributed by atoms with van der Waals surface area (Å²) in [5.41, 5.74) is 17.1. The van der Waals surface area contributed by atoms with Crippen molar-refractivity contribution in [1.29, 1.82) is 0 Å². The lowest BCUT2D eigenvalue weighted by atomic mass is 9.81. The molecule has 3 aromatic rings. The van der Waals surface area contributed by atoms with Crippen LogP contribution in [0, 0.1) is 6.92 Å². The number of hydrogen-bond donors (Lipinski definition) is 1. The zero-order chi connectivity index (χ0) is 23.8. The standard InChI is InChI=1S/C31H41N/c1-20-18-27(21(2)23-10-14-25(15-11-23)30(4,5)6)29(32)28(19-20)22(3)24-12-16-26(17-13-24)31(7,8)9/h10-19,21-22H,32H2,1-9H3/t21-,22+. The third kappa shape index (κ3) is 5.09. The average molecular weight is 428 g/mol. The summed E-state index contributed by atoms with van der Waals surface area (Å²) in [5, 5.41) is 0. The van der Waals surface area contributed by atoms with Crippen molar-refractivity contribution in [2.24, 2.45) is 0 Å². The Morgan fingerprint density at radius 1 is 0.594 bits per heavy atom. The first-order chi connectivity index (χ1) is 14.8. The number of nitrogen functional groups attached to an aromatic ring is 1. The van der Waals surface area contributed by atoms with E-state index >= 15 is 0 Å². The van der Waals surface area contributed by atoms with E-state index in [2.05, 4.69) is 123 Å². The molecule has 0 radical (unpaired) electrons. The molecule has 2 N–H and O–H groups in total. The predicted molar refractivity (Wildman–Crippen MR) is 141 cm³/mol. The van der Waals surface area contributed by atoms with Crippen LogP contribution in [-0.4, -0.2) is 0 Å². The van der Waals surface area contributed by atoms with Gasteiger partial charge in [-0.1, -0.05) is 122 Å².